The second-order valence-corrected chi connectivity index (χ2v) is 8.65. The van der Waals surface area contributed by atoms with Gasteiger partial charge in [0.05, 0.1) is 0 Å². The molecule has 3 rings (SSSR count). The second kappa shape index (κ2) is 7.47. The van der Waals surface area contributed by atoms with Crippen molar-refractivity contribution in [2.45, 2.75) is 62.8 Å². The molecule has 2 N–H and O–H groups in total. The molecule has 1 aromatic carbocycles. The average molecular weight is 334 g/mol. The van der Waals surface area contributed by atoms with Gasteiger partial charge in [-0.1, -0.05) is 37.6 Å². The lowest BCUT2D eigenvalue weighted by Crippen LogP contribution is -2.48. The van der Waals surface area contributed by atoms with E-state index in [1.165, 1.54) is 11.1 Å². The van der Waals surface area contributed by atoms with Gasteiger partial charge in [-0.15, -0.1) is 0 Å². The molecule has 0 aliphatic heterocycles. The molecule has 2 aliphatic carbocycles. The molecule has 2 amide bonds. The highest BCUT2D eigenvalue weighted by atomic mass is 32.2. The Balaban J connectivity index is 1.48. The molecule has 0 radical (unpaired) electrons. The maximum absolute atomic E-state index is 12.3. The molecular formula is C18H26N2O2S. The Morgan fingerprint density at radius 2 is 1.78 bits per heavy atom. The number of benzene rings is 1. The lowest BCUT2D eigenvalue weighted by molar-refractivity contribution is 0.229. The van der Waals surface area contributed by atoms with Crippen LogP contribution in [0.25, 0.3) is 0 Å². The number of fused-ring (bicyclic) bond motifs is 1. The zero-order valence-corrected chi connectivity index (χ0v) is 14.5. The highest BCUT2D eigenvalue weighted by Gasteiger charge is 2.28. The zero-order valence-electron chi connectivity index (χ0n) is 13.7. The minimum absolute atomic E-state index is 0.0734. The zero-order chi connectivity index (χ0) is 16.2. The molecule has 126 valence electrons. The van der Waals surface area contributed by atoms with Crippen LogP contribution in [0.2, 0.25) is 0 Å². The molecule has 2 aliphatic rings. The summed E-state index contributed by atoms with van der Waals surface area (Å²) in [5.74, 6) is 0.712. The van der Waals surface area contributed by atoms with E-state index in [9.17, 15) is 9.00 Å². The number of nitrogens with one attached hydrogen (secondary N) is 2. The summed E-state index contributed by atoms with van der Waals surface area (Å²) in [6, 6.07) is 8.66. The van der Waals surface area contributed by atoms with Gasteiger partial charge >= 0.3 is 6.03 Å². The number of amides is 2. The van der Waals surface area contributed by atoms with Crippen molar-refractivity contribution in [3.8, 4) is 0 Å². The summed E-state index contributed by atoms with van der Waals surface area (Å²) in [6.07, 6.45) is 5.75. The topological polar surface area (TPSA) is 58.2 Å². The number of carbonyl (C=O) groups excluding carboxylic acids is 1. The van der Waals surface area contributed by atoms with Crippen molar-refractivity contribution in [2.75, 3.05) is 5.75 Å². The van der Waals surface area contributed by atoms with Gasteiger partial charge in [0.25, 0.3) is 0 Å². The molecule has 23 heavy (non-hydrogen) atoms. The van der Waals surface area contributed by atoms with E-state index in [1.54, 1.807) is 0 Å². The van der Waals surface area contributed by atoms with Crippen LogP contribution in [-0.2, 0) is 23.6 Å². The number of hydrogen-bond acceptors (Lipinski definition) is 2. The summed E-state index contributed by atoms with van der Waals surface area (Å²) in [5.41, 5.74) is 2.68. The molecule has 0 spiro atoms. The number of urea groups is 1. The van der Waals surface area contributed by atoms with Crippen LogP contribution in [0.1, 0.15) is 43.7 Å². The van der Waals surface area contributed by atoms with E-state index in [-0.39, 0.29) is 23.4 Å². The smallest absolute Gasteiger partial charge is 0.315 e. The standard InChI is InChI=1S/C18H26N2O2S/c1-2-23(22)17-9-5-8-15(12-17)19-18(21)20-16-10-13-6-3-4-7-14(13)11-16/h3-4,6-7,15-17H,2,5,8-12H2,1H3,(H2,19,20,21)/t15-,17+,23+/m0/s1. The van der Waals surface area contributed by atoms with Crippen LogP contribution in [-0.4, -0.2) is 33.3 Å². The molecule has 0 heterocycles. The highest BCUT2D eigenvalue weighted by molar-refractivity contribution is 7.85. The molecule has 0 aromatic heterocycles. The van der Waals surface area contributed by atoms with Crippen molar-refractivity contribution in [2.24, 2.45) is 0 Å². The maximum atomic E-state index is 12.3. The molecule has 1 fully saturated rings. The fourth-order valence-electron chi connectivity index (χ4n) is 3.82. The van der Waals surface area contributed by atoms with Gasteiger partial charge in [-0.05, 0) is 43.2 Å². The minimum Gasteiger partial charge on any atom is -0.335 e. The van der Waals surface area contributed by atoms with Gasteiger partial charge in [0.2, 0.25) is 0 Å². The third-order valence-electron chi connectivity index (χ3n) is 5.00. The summed E-state index contributed by atoms with van der Waals surface area (Å²) in [6.45, 7) is 1.97. The molecule has 5 heteroatoms. The van der Waals surface area contributed by atoms with Crippen molar-refractivity contribution in [3.63, 3.8) is 0 Å². The van der Waals surface area contributed by atoms with Crippen LogP contribution in [0.15, 0.2) is 24.3 Å². The molecule has 4 nitrogen and oxygen atoms in total. The van der Waals surface area contributed by atoms with E-state index < -0.39 is 10.8 Å². The van der Waals surface area contributed by atoms with E-state index in [2.05, 4.69) is 34.9 Å². The van der Waals surface area contributed by atoms with Crippen LogP contribution in [0.3, 0.4) is 0 Å². The van der Waals surface area contributed by atoms with Gasteiger partial charge in [0.15, 0.2) is 0 Å². The second-order valence-electron chi connectivity index (χ2n) is 6.65. The molecule has 1 aromatic rings. The predicted octanol–water partition coefficient (Wildman–Crippen LogP) is 2.53. The Kier molecular flexibility index (Phi) is 5.36. The van der Waals surface area contributed by atoms with Crippen molar-refractivity contribution < 1.29 is 9.00 Å². The lowest BCUT2D eigenvalue weighted by Gasteiger charge is -2.29. The first kappa shape index (κ1) is 16.5. The average Bonchev–Trinajstić information content (AvgIpc) is 2.96. The summed E-state index contributed by atoms with van der Waals surface area (Å²) >= 11 is 0. The Labute approximate surface area is 140 Å². The van der Waals surface area contributed by atoms with Crippen LogP contribution in [0.5, 0.6) is 0 Å². The SMILES string of the molecule is CC[S@@](=O)[C@@H]1CCC[C@H](NC(=O)NC2Cc3ccccc3C2)C1. The van der Waals surface area contributed by atoms with Crippen molar-refractivity contribution in [1.29, 1.82) is 0 Å². The molecular weight excluding hydrogens is 308 g/mol. The van der Waals surface area contributed by atoms with Crippen LogP contribution in [0.4, 0.5) is 4.79 Å². The highest BCUT2D eigenvalue weighted by Crippen LogP contribution is 2.24. The number of carbonyl (C=O) groups is 1. The Morgan fingerprint density at radius 1 is 1.13 bits per heavy atom. The van der Waals surface area contributed by atoms with Crippen LogP contribution >= 0.6 is 0 Å². The predicted molar refractivity (Wildman–Crippen MR) is 94.0 cm³/mol. The molecule has 0 saturated heterocycles. The molecule has 3 atom stereocenters. The van der Waals surface area contributed by atoms with Crippen molar-refractivity contribution in [1.82, 2.24) is 10.6 Å². The fourth-order valence-corrected chi connectivity index (χ4v) is 5.17. The van der Waals surface area contributed by atoms with E-state index >= 15 is 0 Å². The monoisotopic (exact) mass is 334 g/mol. The summed E-state index contributed by atoms with van der Waals surface area (Å²) in [5, 5.41) is 6.45. The normalized spacial score (nSPS) is 25.6. The van der Waals surface area contributed by atoms with Gasteiger partial charge in [0, 0.05) is 33.9 Å². The molecule has 0 unspecified atom stereocenters. The molecule has 0 bridgehead atoms. The Morgan fingerprint density at radius 3 is 2.43 bits per heavy atom. The van der Waals surface area contributed by atoms with Crippen LogP contribution in [0, 0.1) is 0 Å². The first-order valence-corrected chi connectivity index (χ1v) is 10.0. The minimum atomic E-state index is -0.752. The summed E-state index contributed by atoms with van der Waals surface area (Å²) in [7, 11) is -0.752. The lowest BCUT2D eigenvalue weighted by atomic mass is 9.95. The fraction of sp³-hybridized carbons (Fsp3) is 0.611. The third-order valence-corrected chi connectivity index (χ3v) is 6.74. The van der Waals surface area contributed by atoms with Crippen molar-refractivity contribution in [3.05, 3.63) is 35.4 Å². The van der Waals surface area contributed by atoms with Gasteiger partial charge in [-0.25, -0.2) is 4.79 Å². The van der Waals surface area contributed by atoms with Gasteiger partial charge in [-0.2, -0.15) is 0 Å². The number of rotatable bonds is 4. The van der Waals surface area contributed by atoms with Gasteiger partial charge in [0.1, 0.15) is 0 Å². The summed E-state index contributed by atoms with van der Waals surface area (Å²) in [4.78, 5) is 12.3. The van der Waals surface area contributed by atoms with E-state index in [1.807, 2.05) is 6.92 Å². The quantitative estimate of drug-likeness (QED) is 0.889. The van der Waals surface area contributed by atoms with Crippen LogP contribution < -0.4 is 10.6 Å². The molecule has 1 saturated carbocycles. The van der Waals surface area contributed by atoms with Gasteiger partial charge in [-0.3, -0.25) is 4.21 Å². The van der Waals surface area contributed by atoms with E-state index in [0.29, 0.717) is 5.75 Å². The summed E-state index contributed by atoms with van der Waals surface area (Å²) < 4.78 is 12.0. The first-order valence-electron chi connectivity index (χ1n) is 8.66. The maximum Gasteiger partial charge on any atom is 0.315 e. The van der Waals surface area contributed by atoms with Gasteiger partial charge < -0.3 is 10.6 Å². The Hall–Kier alpha value is -1.36. The van der Waals surface area contributed by atoms with Crippen molar-refractivity contribution >= 4 is 16.8 Å². The first-order chi connectivity index (χ1) is 11.2. The van der Waals surface area contributed by atoms with E-state index in [0.717, 1.165) is 38.5 Å². The number of hydrogen-bond donors (Lipinski definition) is 2. The third kappa shape index (κ3) is 4.14. The van der Waals surface area contributed by atoms with E-state index in [4.69, 9.17) is 0 Å². The Bertz CT molecular complexity index is 565. The largest absolute Gasteiger partial charge is 0.335 e.